The molecule has 316 valence electrons. The van der Waals surface area contributed by atoms with Gasteiger partial charge in [-0.25, -0.2) is 0 Å². The summed E-state index contributed by atoms with van der Waals surface area (Å²) in [7, 11) is 0. The van der Waals surface area contributed by atoms with Crippen LogP contribution in [0, 0.1) is 6.92 Å². The Morgan fingerprint density at radius 1 is 0.299 bits per heavy atom. The van der Waals surface area contributed by atoms with E-state index >= 15 is 0 Å². The van der Waals surface area contributed by atoms with Crippen molar-refractivity contribution in [2.24, 2.45) is 0 Å². The molecule has 0 saturated heterocycles. The highest BCUT2D eigenvalue weighted by molar-refractivity contribution is 6.08. The zero-order valence-electron chi connectivity index (χ0n) is 37.1. The van der Waals surface area contributed by atoms with Crippen molar-refractivity contribution in [1.29, 1.82) is 0 Å². The van der Waals surface area contributed by atoms with Gasteiger partial charge in [-0.15, -0.1) is 0 Å². The predicted octanol–water partition coefficient (Wildman–Crippen LogP) is 18.5. The van der Waals surface area contributed by atoms with E-state index in [9.17, 15) is 0 Å². The summed E-state index contributed by atoms with van der Waals surface area (Å²) in [5.41, 5.74) is 18.2. The second-order valence-corrected chi connectivity index (χ2v) is 17.3. The van der Waals surface area contributed by atoms with Crippen LogP contribution in [-0.2, 0) is 0 Å². The van der Waals surface area contributed by atoms with Crippen LogP contribution in [-0.4, -0.2) is 0 Å². The summed E-state index contributed by atoms with van der Waals surface area (Å²) >= 11 is 0. The molecule has 0 amide bonds. The Hall–Kier alpha value is -8.72. The van der Waals surface area contributed by atoms with Gasteiger partial charge in [0.1, 0.15) is 11.3 Å². The summed E-state index contributed by atoms with van der Waals surface area (Å²) in [6.07, 6.45) is 0. The number of aryl methyl sites for hydroxylation is 1. The first-order chi connectivity index (χ1) is 33.1. The maximum absolute atomic E-state index is 6.33. The SMILES string of the molecule is Cc1c(-c2cccc(-c3ccc(-c4ccc(N(c5ccc(-c6ccc7c(ccc8ccccc87)c6)cc5)c5ccccc5-c5ccc(-c6ccccc6)cc5)cc4)cc3)c2)oc2ccccc12. The molecule has 0 unspecified atom stereocenters. The molecular weight excluding hydrogens is 811 g/mol. The highest BCUT2D eigenvalue weighted by Crippen LogP contribution is 2.43. The fourth-order valence-electron chi connectivity index (χ4n) is 9.76. The fraction of sp³-hybridized carbons (Fsp3) is 0.0154. The van der Waals surface area contributed by atoms with Crippen LogP contribution in [0.3, 0.4) is 0 Å². The molecule has 0 aliphatic heterocycles. The average Bonchev–Trinajstić information content (AvgIpc) is 3.75. The van der Waals surface area contributed by atoms with E-state index in [1.54, 1.807) is 0 Å². The molecule has 2 heteroatoms. The fourth-order valence-corrected chi connectivity index (χ4v) is 9.76. The molecule has 0 N–H and O–H groups in total. The number of benzene rings is 11. The van der Waals surface area contributed by atoms with E-state index in [0.717, 1.165) is 78.3 Å². The number of rotatable bonds is 9. The predicted molar refractivity (Wildman–Crippen MR) is 283 cm³/mol. The first-order valence-electron chi connectivity index (χ1n) is 23.0. The lowest BCUT2D eigenvalue weighted by Gasteiger charge is -2.28. The summed E-state index contributed by atoms with van der Waals surface area (Å²) in [6.45, 7) is 2.14. The van der Waals surface area contributed by atoms with Crippen molar-refractivity contribution >= 4 is 49.6 Å². The zero-order chi connectivity index (χ0) is 44.7. The maximum atomic E-state index is 6.33. The first-order valence-corrected chi connectivity index (χ1v) is 23.0. The van der Waals surface area contributed by atoms with Crippen LogP contribution in [0.15, 0.2) is 259 Å². The molecule has 0 radical (unpaired) electrons. The quantitative estimate of drug-likeness (QED) is 0.135. The van der Waals surface area contributed by atoms with Crippen LogP contribution in [0.5, 0.6) is 0 Å². The van der Waals surface area contributed by atoms with E-state index in [-0.39, 0.29) is 0 Å². The van der Waals surface area contributed by atoms with E-state index in [2.05, 4.69) is 254 Å². The number of anilines is 3. The largest absolute Gasteiger partial charge is 0.456 e. The molecule has 12 rings (SSSR count). The minimum Gasteiger partial charge on any atom is -0.456 e. The molecule has 11 aromatic carbocycles. The van der Waals surface area contributed by atoms with Gasteiger partial charge in [-0.05, 0) is 127 Å². The Morgan fingerprint density at radius 3 is 1.45 bits per heavy atom. The third-order valence-electron chi connectivity index (χ3n) is 13.3. The van der Waals surface area contributed by atoms with Gasteiger partial charge in [0.2, 0.25) is 0 Å². The summed E-state index contributed by atoms with van der Waals surface area (Å²) in [6, 6.07) is 92.0. The highest BCUT2D eigenvalue weighted by atomic mass is 16.3. The van der Waals surface area contributed by atoms with Crippen molar-refractivity contribution in [2.45, 2.75) is 6.92 Å². The average molecular weight is 856 g/mol. The molecule has 0 spiro atoms. The van der Waals surface area contributed by atoms with Gasteiger partial charge in [0.15, 0.2) is 0 Å². The lowest BCUT2D eigenvalue weighted by Crippen LogP contribution is -2.11. The normalized spacial score (nSPS) is 11.4. The molecule has 1 heterocycles. The number of nitrogens with zero attached hydrogens (tertiary/aromatic N) is 1. The molecule has 0 saturated carbocycles. The van der Waals surface area contributed by atoms with Crippen LogP contribution < -0.4 is 4.90 Å². The van der Waals surface area contributed by atoms with E-state index in [4.69, 9.17) is 4.42 Å². The smallest absolute Gasteiger partial charge is 0.138 e. The number of furan rings is 1. The van der Waals surface area contributed by atoms with E-state index < -0.39 is 0 Å². The molecular formula is C65H45NO. The standard InChI is InChI=1S/C65H45NO/c1-44-59-17-8-10-21-64(59)67-65(44)56-16-11-15-53(43-56)49-24-22-47(23-25-49)48-32-37-57(38-33-48)66(63-20-9-7-19-62(63)52-28-26-46(27-29-52)45-12-3-2-4-13-45)58-39-34-50(35-40-58)54-36-41-61-55(42-54)31-30-51-14-5-6-18-60(51)61/h2-43H,1H3. The second-order valence-electron chi connectivity index (χ2n) is 17.3. The van der Waals surface area contributed by atoms with Crippen LogP contribution in [0.4, 0.5) is 17.1 Å². The molecule has 2 nitrogen and oxygen atoms in total. The highest BCUT2D eigenvalue weighted by Gasteiger charge is 2.19. The Labute approximate surface area is 391 Å². The number of hydrogen-bond donors (Lipinski definition) is 0. The Bertz CT molecular complexity index is 3720. The number of hydrogen-bond acceptors (Lipinski definition) is 2. The monoisotopic (exact) mass is 855 g/mol. The van der Waals surface area contributed by atoms with Crippen molar-refractivity contribution in [3.05, 3.63) is 260 Å². The van der Waals surface area contributed by atoms with E-state index in [1.807, 2.05) is 12.1 Å². The van der Waals surface area contributed by atoms with Crippen molar-refractivity contribution in [3.8, 4) is 67.0 Å². The Morgan fingerprint density at radius 2 is 0.761 bits per heavy atom. The van der Waals surface area contributed by atoms with Crippen LogP contribution >= 0.6 is 0 Å². The first kappa shape index (κ1) is 39.8. The van der Waals surface area contributed by atoms with Gasteiger partial charge in [0.25, 0.3) is 0 Å². The van der Waals surface area contributed by atoms with Gasteiger partial charge in [0, 0.05) is 33.5 Å². The second kappa shape index (κ2) is 17.0. The minimum atomic E-state index is 0.917. The van der Waals surface area contributed by atoms with Gasteiger partial charge < -0.3 is 9.32 Å². The van der Waals surface area contributed by atoms with Gasteiger partial charge in [-0.1, -0.05) is 206 Å². The molecule has 0 aliphatic rings. The molecule has 0 bridgehead atoms. The Balaban J connectivity index is 0.880. The van der Waals surface area contributed by atoms with Crippen LogP contribution in [0.1, 0.15) is 5.56 Å². The Kier molecular flexibility index (Phi) is 10.1. The van der Waals surface area contributed by atoms with Crippen molar-refractivity contribution in [2.75, 3.05) is 4.90 Å². The maximum Gasteiger partial charge on any atom is 0.138 e. The lowest BCUT2D eigenvalue weighted by molar-refractivity contribution is 0.629. The third kappa shape index (κ3) is 7.55. The number of fused-ring (bicyclic) bond motifs is 4. The molecule has 0 atom stereocenters. The minimum absolute atomic E-state index is 0.917. The van der Waals surface area contributed by atoms with Crippen molar-refractivity contribution in [1.82, 2.24) is 0 Å². The van der Waals surface area contributed by atoms with E-state index in [0.29, 0.717) is 0 Å². The van der Waals surface area contributed by atoms with Gasteiger partial charge in [-0.3, -0.25) is 0 Å². The molecule has 0 fully saturated rings. The topological polar surface area (TPSA) is 16.4 Å². The van der Waals surface area contributed by atoms with Crippen molar-refractivity contribution < 1.29 is 4.42 Å². The third-order valence-corrected chi connectivity index (χ3v) is 13.3. The summed E-state index contributed by atoms with van der Waals surface area (Å²) < 4.78 is 6.33. The van der Waals surface area contributed by atoms with E-state index in [1.165, 1.54) is 43.8 Å². The van der Waals surface area contributed by atoms with Crippen LogP contribution in [0.2, 0.25) is 0 Å². The number of para-hydroxylation sites is 2. The lowest BCUT2D eigenvalue weighted by atomic mass is 9.96. The van der Waals surface area contributed by atoms with Crippen molar-refractivity contribution in [3.63, 3.8) is 0 Å². The molecule has 0 aliphatic carbocycles. The summed E-state index contributed by atoms with van der Waals surface area (Å²) in [4.78, 5) is 2.39. The summed E-state index contributed by atoms with van der Waals surface area (Å²) in [5, 5.41) is 6.22. The summed E-state index contributed by atoms with van der Waals surface area (Å²) in [5.74, 6) is 0.923. The molecule has 67 heavy (non-hydrogen) atoms. The van der Waals surface area contributed by atoms with Crippen LogP contribution in [0.25, 0.3) is 99.5 Å². The van der Waals surface area contributed by atoms with Gasteiger partial charge in [-0.2, -0.15) is 0 Å². The molecule has 12 aromatic rings. The van der Waals surface area contributed by atoms with Gasteiger partial charge in [0.05, 0.1) is 5.69 Å². The zero-order valence-corrected chi connectivity index (χ0v) is 37.1. The molecule has 1 aromatic heterocycles. The van der Waals surface area contributed by atoms with Gasteiger partial charge >= 0.3 is 0 Å².